The Morgan fingerprint density at radius 3 is 2.80 bits per heavy atom. The SMILES string of the molecule is CCN1CCCC1CNS(=O)(=O)c1ccc(Cl)cc1Cl. The van der Waals surface area contributed by atoms with Crippen LogP contribution in [0.1, 0.15) is 19.8 Å². The van der Waals surface area contributed by atoms with E-state index in [0.29, 0.717) is 11.6 Å². The number of hydrogen-bond acceptors (Lipinski definition) is 3. The highest BCUT2D eigenvalue weighted by molar-refractivity contribution is 7.89. The number of likely N-dealkylation sites (tertiary alicyclic amines) is 1. The lowest BCUT2D eigenvalue weighted by molar-refractivity contribution is 0.268. The van der Waals surface area contributed by atoms with Crippen LogP contribution in [-0.4, -0.2) is 39.0 Å². The Hall–Kier alpha value is -0.330. The number of halogens is 2. The summed E-state index contributed by atoms with van der Waals surface area (Å²) in [6, 6.07) is 4.65. The van der Waals surface area contributed by atoms with E-state index in [0.717, 1.165) is 25.9 Å². The van der Waals surface area contributed by atoms with Crippen molar-refractivity contribution < 1.29 is 8.42 Å². The molecule has 1 aliphatic rings. The fraction of sp³-hybridized carbons (Fsp3) is 0.538. The molecule has 0 bridgehead atoms. The summed E-state index contributed by atoms with van der Waals surface area (Å²) in [5, 5.41) is 0.561. The highest BCUT2D eigenvalue weighted by atomic mass is 35.5. The highest BCUT2D eigenvalue weighted by Crippen LogP contribution is 2.25. The second-order valence-corrected chi connectivity index (χ2v) is 7.43. The van der Waals surface area contributed by atoms with E-state index in [-0.39, 0.29) is 16.0 Å². The fourth-order valence-electron chi connectivity index (χ4n) is 2.52. The predicted molar refractivity (Wildman–Crippen MR) is 81.9 cm³/mol. The molecule has 1 N–H and O–H groups in total. The molecule has 7 heteroatoms. The zero-order valence-corrected chi connectivity index (χ0v) is 13.6. The lowest BCUT2D eigenvalue weighted by Crippen LogP contribution is -2.40. The number of sulfonamides is 1. The molecule has 2 rings (SSSR count). The fourth-order valence-corrected chi connectivity index (χ4v) is 4.36. The molecule has 1 aromatic carbocycles. The van der Waals surface area contributed by atoms with Crippen molar-refractivity contribution in [3.8, 4) is 0 Å². The molecule has 1 atom stereocenters. The van der Waals surface area contributed by atoms with Gasteiger partial charge in [-0.1, -0.05) is 30.1 Å². The van der Waals surface area contributed by atoms with Crippen LogP contribution in [0.5, 0.6) is 0 Å². The number of hydrogen-bond donors (Lipinski definition) is 1. The van der Waals surface area contributed by atoms with Crippen molar-refractivity contribution in [2.24, 2.45) is 0 Å². The molecular weight excluding hydrogens is 319 g/mol. The normalized spacial score (nSPS) is 20.4. The molecule has 0 aromatic heterocycles. The van der Waals surface area contributed by atoms with Crippen LogP contribution in [0.25, 0.3) is 0 Å². The molecule has 20 heavy (non-hydrogen) atoms. The Morgan fingerprint density at radius 1 is 1.40 bits per heavy atom. The standard InChI is InChI=1S/C13H18Cl2N2O2S/c1-2-17-7-3-4-11(17)9-16-20(18,19)13-6-5-10(14)8-12(13)15/h5-6,8,11,16H,2-4,7,9H2,1H3. The summed E-state index contributed by atoms with van der Waals surface area (Å²) in [6.45, 7) is 4.47. The van der Waals surface area contributed by atoms with E-state index in [9.17, 15) is 8.42 Å². The van der Waals surface area contributed by atoms with Gasteiger partial charge in [0.05, 0.1) is 5.02 Å². The number of likely N-dealkylation sites (N-methyl/N-ethyl adjacent to an activating group) is 1. The molecule has 1 fully saturated rings. The first-order chi connectivity index (χ1) is 9.44. The Bertz CT molecular complexity index is 578. The summed E-state index contributed by atoms with van der Waals surface area (Å²) in [5.41, 5.74) is 0. The maximum Gasteiger partial charge on any atom is 0.242 e. The van der Waals surface area contributed by atoms with Crippen LogP contribution in [0, 0.1) is 0 Å². The summed E-state index contributed by atoms with van der Waals surface area (Å²) in [5.74, 6) is 0. The number of rotatable bonds is 5. The Kier molecular flexibility index (Phi) is 5.31. The topological polar surface area (TPSA) is 49.4 Å². The van der Waals surface area contributed by atoms with Crippen molar-refractivity contribution >= 4 is 33.2 Å². The summed E-state index contributed by atoms with van der Waals surface area (Å²) >= 11 is 11.7. The highest BCUT2D eigenvalue weighted by Gasteiger charge is 2.25. The molecule has 0 amide bonds. The van der Waals surface area contributed by atoms with Gasteiger partial charge in [-0.3, -0.25) is 4.90 Å². The van der Waals surface area contributed by atoms with Crippen molar-refractivity contribution in [2.75, 3.05) is 19.6 Å². The molecule has 1 heterocycles. The first-order valence-electron chi connectivity index (χ1n) is 6.63. The predicted octanol–water partition coefficient (Wildman–Crippen LogP) is 2.76. The maximum absolute atomic E-state index is 12.3. The van der Waals surface area contributed by atoms with Crippen molar-refractivity contribution in [3.05, 3.63) is 28.2 Å². The van der Waals surface area contributed by atoms with Crippen LogP contribution in [0.2, 0.25) is 10.0 Å². The van der Waals surface area contributed by atoms with Gasteiger partial charge in [-0.25, -0.2) is 13.1 Å². The second-order valence-electron chi connectivity index (χ2n) is 4.85. The molecule has 4 nitrogen and oxygen atoms in total. The minimum atomic E-state index is -3.59. The first-order valence-corrected chi connectivity index (χ1v) is 8.86. The second kappa shape index (κ2) is 6.62. The van der Waals surface area contributed by atoms with Crippen LogP contribution in [0.15, 0.2) is 23.1 Å². The Labute approximate surface area is 130 Å². The van der Waals surface area contributed by atoms with Crippen molar-refractivity contribution in [3.63, 3.8) is 0 Å². The van der Waals surface area contributed by atoms with Gasteiger partial charge in [0, 0.05) is 17.6 Å². The maximum atomic E-state index is 12.3. The number of nitrogens with one attached hydrogen (secondary N) is 1. The van der Waals surface area contributed by atoms with E-state index in [4.69, 9.17) is 23.2 Å². The molecule has 0 saturated carbocycles. The van der Waals surface area contributed by atoms with Gasteiger partial charge >= 0.3 is 0 Å². The van der Waals surface area contributed by atoms with E-state index in [1.54, 1.807) is 0 Å². The molecule has 1 aromatic rings. The van der Waals surface area contributed by atoms with Gasteiger partial charge in [0.25, 0.3) is 0 Å². The summed E-state index contributed by atoms with van der Waals surface area (Å²) < 4.78 is 27.2. The van der Waals surface area contributed by atoms with Gasteiger partial charge in [-0.15, -0.1) is 0 Å². The smallest absolute Gasteiger partial charge is 0.242 e. The first kappa shape index (κ1) is 16.0. The van der Waals surface area contributed by atoms with Gasteiger partial charge < -0.3 is 0 Å². The lowest BCUT2D eigenvalue weighted by atomic mass is 10.2. The van der Waals surface area contributed by atoms with Gasteiger partial charge in [-0.2, -0.15) is 0 Å². The largest absolute Gasteiger partial charge is 0.299 e. The average molecular weight is 337 g/mol. The molecule has 0 radical (unpaired) electrons. The Morgan fingerprint density at radius 2 is 2.15 bits per heavy atom. The third-order valence-electron chi connectivity index (χ3n) is 3.60. The zero-order chi connectivity index (χ0) is 14.8. The molecule has 1 saturated heterocycles. The molecular formula is C13H18Cl2N2O2S. The van der Waals surface area contributed by atoms with E-state index in [1.807, 2.05) is 0 Å². The van der Waals surface area contributed by atoms with Gasteiger partial charge in [0.15, 0.2) is 0 Å². The minimum Gasteiger partial charge on any atom is -0.299 e. The van der Waals surface area contributed by atoms with Gasteiger partial charge in [0.2, 0.25) is 10.0 Å². The van der Waals surface area contributed by atoms with Crippen molar-refractivity contribution in [1.29, 1.82) is 0 Å². The minimum absolute atomic E-state index is 0.0737. The molecule has 0 spiro atoms. The summed E-state index contributed by atoms with van der Waals surface area (Å²) in [4.78, 5) is 2.36. The van der Waals surface area contributed by atoms with Crippen LogP contribution in [-0.2, 0) is 10.0 Å². The van der Waals surface area contributed by atoms with Gasteiger partial charge in [-0.05, 0) is 44.1 Å². The third kappa shape index (κ3) is 3.65. The van der Waals surface area contributed by atoms with E-state index >= 15 is 0 Å². The van der Waals surface area contributed by atoms with E-state index < -0.39 is 10.0 Å². The van der Waals surface area contributed by atoms with Crippen molar-refractivity contribution in [2.45, 2.75) is 30.7 Å². The van der Waals surface area contributed by atoms with E-state index in [2.05, 4.69) is 16.5 Å². The van der Waals surface area contributed by atoms with Gasteiger partial charge in [0.1, 0.15) is 4.90 Å². The molecule has 1 aliphatic heterocycles. The Balaban J connectivity index is 2.07. The van der Waals surface area contributed by atoms with Crippen LogP contribution in [0.4, 0.5) is 0 Å². The summed E-state index contributed by atoms with van der Waals surface area (Å²) in [6.07, 6.45) is 2.13. The lowest BCUT2D eigenvalue weighted by Gasteiger charge is -2.22. The van der Waals surface area contributed by atoms with E-state index in [1.165, 1.54) is 18.2 Å². The molecule has 1 unspecified atom stereocenters. The number of nitrogens with zero attached hydrogens (tertiary/aromatic N) is 1. The van der Waals surface area contributed by atoms with Crippen LogP contribution >= 0.6 is 23.2 Å². The zero-order valence-electron chi connectivity index (χ0n) is 11.3. The molecule has 0 aliphatic carbocycles. The van der Waals surface area contributed by atoms with Crippen molar-refractivity contribution in [1.82, 2.24) is 9.62 Å². The average Bonchev–Trinajstić information content (AvgIpc) is 2.83. The summed E-state index contributed by atoms with van der Waals surface area (Å²) in [7, 11) is -3.59. The quantitative estimate of drug-likeness (QED) is 0.899. The number of benzene rings is 1. The van der Waals surface area contributed by atoms with Crippen LogP contribution < -0.4 is 4.72 Å². The monoisotopic (exact) mass is 336 g/mol. The van der Waals surface area contributed by atoms with Crippen LogP contribution in [0.3, 0.4) is 0 Å². The molecule has 112 valence electrons. The third-order valence-corrected chi connectivity index (χ3v) is 5.74.